The maximum Gasteiger partial charge on any atom is 0.274 e. The third-order valence-electron chi connectivity index (χ3n) is 3.55. The second kappa shape index (κ2) is 6.16. The zero-order valence-corrected chi connectivity index (χ0v) is 12.6. The predicted molar refractivity (Wildman–Crippen MR) is 84.7 cm³/mol. The van der Waals surface area contributed by atoms with Crippen molar-refractivity contribution in [2.75, 3.05) is 10.6 Å². The molecule has 1 aromatic heterocycles. The predicted octanol–water partition coefficient (Wildman–Crippen LogP) is 3.13. The lowest BCUT2D eigenvalue weighted by molar-refractivity contribution is -0.117. The van der Waals surface area contributed by atoms with Crippen molar-refractivity contribution in [3.8, 4) is 0 Å². The number of nitrogens with zero attached hydrogens (tertiary/aromatic N) is 1. The van der Waals surface area contributed by atoms with Gasteiger partial charge in [-0.3, -0.25) is 9.59 Å². The van der Waals surface area contributed by atoms with Gasteiger partial charge < -0.3 is 10.6 Å². The molecule has 6 heteroatoms. The summed E-state index contributed by atoms with van der Waals surface area (Å²) in [7, 11) is 0. The SMILES string of the molecule is Cc1cccc(C(=O)Nc2ccc(F)c(NC(=O)C3CC3)c2)n1. The van der Waals surface area contributed by atoms with Crippen LogP contribution in [0.3, 0.4) is 0 Å². The first-order chi connectivity index (χ1) is 11.0. The Hall–Kier alpha value is -2.76. The van der Waals surface area contributed by atoms with Crippen molar-refractivity contribution < 1.29 is 14.0 Å². The molecule has 1 saturated carbocycles. The Bertz CT molecular complexity index is 772. The van der Waals surface area contributed by atoms with Gasteiger partial charge in [0.2, 0.25) is 5.91 Å². The van der Waals surface area contributed by atoms with Crippen molar-refractivity contribution in [2.24, 2.45) is 5.92 Å². The molecule has 3 rings (SSSR count). The molecule has 0 bridgehead atoms. The van der Waals surface area contributed by atoms with Crippen LogP contribution in [-0.4, -0.2) is 16.8 Å². The second-order valence-electron chi connectivity index (χ2n) is 5.58. The molecular formula is C17H16FN3O2. The van der Waals surface area contributed by atoms with E-state index in [0.717, 1.165) is 18.5 Å². The molecule has 0 unspecified atom stereocenters. The summed E-state index contributed by atoms with van der Waals surface area (Å²) in [6.07, 6.45) is 1.67. The normalized spacial score (nSPS) is 13.5. The van der Waals surface area contributed by atoms with E-state index in [1.54, 1.807) is 25.1 Å². The van der Waals surface area contributed by atoms with Crippen LogP contribution in [0.15, 0.2) is 36.4 Å². The van der Waals surface area contributed by atoms with Gasteiger partial charge in [-0.2, -0.15) is 0 Å². The maximum absolute atomic E-state index is 13.8. The van der Waals surface area contributed by atoms with Crippen LogP contribution in [-0.2, 0) is 4.79 Å². The maximum atomic E-state index is 13.8. The Morgan fingerprint density at radius 3 is 2.65 bits per heavy atom. The highest BCUT2D eigenvalue weighted by Gasteiger charge is 2.30. The van der Waals surface area contributed by atoms with Gasteiger partial charge in [0.15, 0.2) is 0 Å². The molecule has 1 aromatic carbocycles. The van der Waals surface area contributed by atoms with E-state index in [1.165, 1.54) is 18.2 Å². The van der Waals surface area contributed by atoms with E-state index in [9.17, 15) is 14.0 Å². The molecule has 2 aromatic rings. The van der Waals surface area contributed by atoms with E-state index in [4.69, 9.17) is 0 Å². The van der Waals surface area contributed by atoms with Crippen LogP contribution in [0.4, 0.5) is 15.8 Å². The van der Waals surface area contributed by atoms with E-state index >= 15 is 0 Å². The monoisotopic (exact) mass is 313 g/mol. The van der Waals surface area contributed by atoms with Crippen LogP contribution in [0.5, 0.6) is 0 Å². The van der Waals surface area contributed by atoms with Crippen LogP contribution in [0, 0.1) is 18.7 Å². The third kappa shape index (κ3) is 3.71. The number of pyridine rings is 1. The number of amides is 2. The number of anilines is 2. The Kier molecular flexibility index (Phi) is 4.06. The highest BCUT2D eigenvalue weighted by Crippen LogP contribution is 2.31. The topological polar surface area (TPSA) is 71.1 Å². The minimum absolute atomic E-state index is 0.0239. The summed E-state index contributed by atoms with van der Waals surface area (Å²) in [5.41, 5.74) is 1.47. The van der Waals surface area contributed by atoms with Crippen LogP contribution in [0.25, 0.3) is 0 Å². The summed E-state index contributed by atoms with van der Waals surface area (Å²) >= 11 is 0. The first-order valence-electron chi connectivity index (χ1n) is 7.38. The number of hydrogen-bond acceptors (Lipinski definition) is 3. The average Bonchev–Trinajstić information content (AvgIpc) is 3.35. The molecule has 5 nitrogen and oxygen atoms in total. The molecule has 1 aliphatic carbocycles. The zero-order chi connectivity index (χ0) is 16.4. The molecule has 0 atom stereocenters. The number of carbonyl (C=O) groups excluding carboxylic acids is 2. The number of rotatable bonds is 4. The summed E-state index contributed by atoms with van der Waals surface area (Å²) < 4.78 is 13.8. The number of hydrogen-bond donors (Lipinski definition) is 2. The van der Waals surface area contributed by atoms with Crippen molar-refractivity contribution in [3.05, 3.63) is 53.6 Å². The van der Waals surface area contributed by atoms with Crippen LogP contribution < -0.4 is 10.6 Å². The van der Waals surface area contributed by atoms with Crippen molar-refractivity contribution in [1.29, 1.82) is 0 Å². The lowest BCUT2D eigenvalue weighted by Gasteiger charge is -2.10. The standard InChI is InChI=1S/C17H16FN3O2/c1-10-3-2-4-14(19-10)17(23)20-12-7-8-13(18)15(9-12)21-16(22)11-5-6-11/h2-4,7-9,11H,5-6H2,1H3,(H,20,23)(H,21,22). The Morgan fingerprint density at radius 2 is 1.96 bits per heavy atom. The molecule has 0 spiro atoms. The molecular weight excluding hydrogens is 297 g/mol. The third-order valence-corrected chi connectivity index (χ3v) is 3.55. The minimum Gasteiger partial charge on any atom is -0.323 e. The summed E-state index contributed by atoms with van der Waals surface area (Å²) in [6.45, 7) is 1.79. The highest BCUT2D eigenvalue weighted by atomic mass is 19.1. The Balaban J connectivity index is 1.74. The van der Waals surface area contributed by atoms with Gasteiger partial charge in [-0.25, -0.2) is 9.37 Å². The number of aromatic nitrogens is 1. The van der Waals surface area contributed by atoms with Crippen molar-refractivity contribution in [3.63, 3.8) is 0 Å². The molecule has 118 valence electrons. The molecule has 0 radical (unpaired) electrons. The molecule has 2 amide bonds. The van der Waals surface area contributed by atoms with Crippen LogP contribution in [0.1, 0.15) is 29.0 Å². The quantitative estimate of drug-likeness (QED) is 0.911. The molecule has 1 heterocycles. The van der Waals surface area contributed by atoms with E-state index < -0.39 is 5.82 Å². The molecule has 23 heavy (non-hydrogen) atoms. The van der Waals surface area contributed by atoms with Gasteiger partial charge >= 0.3 is 0 Å². The van der Waals surface area contributed by atoms with Gasteiger partial charge in [0.05, 0.1) is 5.69 Å². The van der Waals surface area contributed by atoms with Gasteiger partial charge in [-0.05, 0) is 50.1 Å². The zero-order valence-electron chi connectivity index (χ0n) is 12.6. The second-order valence-corrected chi connectivity index (χ2v) is 5.58. The number of benzene rings is 1. The lowest BCUT2D eigenvalue weighted by Crippen LogP contribution is -2.16. The molecule has 1 aliphatic rings. The molecule has 2 N–H and O–H groups in total. The van der Waals surface area contributed by atoms with Gasteiger partial charge in [-0.15, -0.1) is 0 Å². The fourth-order valence-electron chi connectivity index (χ4n) is 2.14. The summed E-state index contributed by atoms with van der Waals surface area (Å²) in [5, 5.41) is 5.21. The minimum atomic E-state index is -0.536. The van der Waals surface area contributed by atoms with Gasteiger partial charge in [0, 0.05) is 17.3 Å². The van der Waals surface area contributed by atoms with E-state index in [-0.39, 0.29) is 29.1 Å². The summed E-state index contributed by atoms with van der Waals surface area (Å²) in [4.78, 5) is 28.0. The van der Waals surface area contributed by atoms with Crippen molar-refractivity contribution in [2.45, 2.75) is 19.8 Å². The first kappa shape index (κ1) is 15.1. The number of nitrogens with one attached hydrogen (secondary N) is 2. The Labute approximate surface area is 132 Å². The number of halogens is 1. The fourth-order valence-corrected chi connectivity index (χ4v) is 2.14. The molecule has 0 saturated heterocycles. The van der Waals surface area contributed by atoms with E-state index in [1.807, 2.05) is 0 Å². The van der Waals surface area contributed by atoms with E-state index in [2.05, 4.69) is 15.6 Å². The van der Waals surface area contributed by atoms with Crippen molar-refractivity contribution in [1.82, 2.24) is 4.98 Å². The lowest BCUT2D eigenvalue weighted by atomic mass is 10.2. The van der Waals surface area contributed by atoms with Crippen LogP contribution >= 0.6 is 0 Å². The molecule has 0 aliphatic heterocycles. The first-order valence-corrected chi connectivity index (χ1v) is 7.38. The van der Waals surface area contributed by atoms with Crippen LogP contribution in [0.2, 0.25) is 0 Å². The van der Waals surface area contributed by atoms with Gasteiger partial charge in [0.1, 0.15) is 11.5 Å². The molecule has 1 fully saturated rings. The van der Waals surface area contributed by atoms with Gasteiger partial charge in [-0.1, -0.05) is 6.07 Å². The smallest absolute Gasteiger partial charge is 0.274 e. The number of aryl methyl sites for hydroxylation is 1. The highest BCUT2D eigenvalue weighted by molar-refractivity contribution is 6.03. The Morgan fingerprint density at radius 1 is 1.17 bits per heavy atom. The number of carbonyl (C=O) groups is 2. The van der Waals surface area contributed by atoms with Crippen molar-refractivity contribution >= 4 is 23.2 Å². The summed E-state index contributed by atoms with van der Waals surface area (Å²) in [5.74, 6) is -1.14. The van der Waals surface area contributed by atoms with Gasteiger partial charge in [0.25, 0.3) is 5.91 Å². The summed E-state index contributed by atoms with van der Waals surface area (Å²) in [6, 6.07) is 9.19. The average molecular weight is 313 g/mol. The van der Waals surface area contributed by atoms with E-state index in [0.29, 0.717) is 5.69 Å². The fraction of sp³-hybridized carbons (Fsp3) is 0.235. The largest absolute Gasteiger partial charge is 0.323 e.